The standard InChI is InChI=1S/C19H31N5O/c1-4-25-18-11-15(2)5-6-16(18)12-21-19(20-3)22-13-17-14-23-7-9-24(17)10-8-23/h5-6,11,17H,4,7-10,12-14H2,1-3H3,(H2,20,21,22). The fraction of sp³-hybridized carbons (Fsp3) is 0.632. The lowest BCUT2D eigenvalue weighted by molar-refractivity contribution is 0.0154. The number of nitrogens with one attached hydrogen (secondary N) is 2. The predicted molar refractivity (Wildman–Crippen MR) is 102 cm³/mol. The Bertz CT molecular complexity index is 595. The number of nitrogens with zero attached hydrogens (tertiary/aromatic N) is 3. The van der Waals surface area contributed by atoms with Gasteiger partial charge in [-0.3, -0.25) is 14.8 Å². The summed E-state index contributed by atoms with van der Waals surface area (Å²) in [5.41, 5.74) is 2.37. The van der Waals surface area contributed by atoms with Crippen molar-refractivity contribution in [2.24, 2.45) is 4.99 Å². The third kappa shape index (κ3) is 4.64. The molecule has 0 spiro atoms. The van der Waals surface area contributed by atoms with Crippen LogP contribution < -0.4 is 15.4 Å². The molecule has 25 heavy (non-hydrogen) atoms. The number of ether oxygens (including phenoxy) is 1. The van der Waals surface area contributed by atoms with Crippen LogP contribution in [0.15, 0.2) is 23.2 Å². The van der Waals surface area contributed by atoms with E-state index >= 15 is 0 Å². The monoisotopic (exact) mass is 345 g/mol. The molecule has 0 saturated carbocycles. The van der Waals surface area contributed by atoms with Crippen LogP contribution >= 0.6 is 0 Å². The fourth-order valence-corrected chi connectivity index (χ4v) is 3.63. The van der Waals surface area contributed by atoms with E-state index < -0.39 is 0 Å². The lowest BCUT2D eigenvalue weighted by Gasteiger charge is -2.47. The second-order valence-electron chi connectivity index (χ2n) is 6.84. The smallest absolute Gasteiger partial charge is 0.191 e. The van der Waals surface area contributed by atoms with Gasteiger partial charge in [0, 0.05) is 64.5 Å². The molecule has 3 saturated heterocycles. The highest BCUT2D eigenvalue weighted by atomic mass is 16.5. The second kappa shape index (κ2) is 8.54. The molecule has 0 aliphatic carbocycles. The van der Waals surface area contributed by atoms with Gasteiger partial charge in [0.15, 0.2) is 5.96 Å². The molecular weight excluding hydrogens is 314 g/mol. The molecule has 2 bridgehead atoms. The van der Waals surface area contributed by atoms with Crippen LogP contribution in [0.4, 0.5) is 0 Å². The van der Waals surface area contributed by atoms with Gasteiger partial charge < -0.3 is 15.4 Å². The maximum Gasteiger partial charge on any atom is 0.191 e. The fourth-order valence-electron chi connectivity index (χ4n) is 3.63. The molecule has 3 aliphatic heterocycles. The molecule has 0 amide bonds. The summed E-state index contributed by atoms with van der Waals surface area (Å²) in [5, 5.41) is 6.90. The van der Waals surface area contributed by atoms with Crippen molar-refractivity contribution >= 4 is 5.96 Å². The molecular formula is C19H31N5O. The molecule has 3 fully saturated rings. The average molecular weight is 345 g/mol. The van der Waals surface area contributed by atoms with Gasteiger partial charge in [0.1, 0.15) is 5.75 Å². The molecule has 6 nitrogen and oxygen atoms in total. The Balaban J connectivity index is 1.51. The number of guanidine groups is 1. The molecule has 1 aromatic rings. The number of hydrogen-bond donors (Lipinski definition) is 2. The quantitative estimate of drug-likeness (QED) is 0.596. The summed E-state index contributed by atoms with van der Waals surface area (Å²) in [5.74, 6) is 1.80. The first kappa shape index (κ1) is 18.0. The van der Waals surface area contributed by atoms with Crippen LogP contribution in [0.1, 0.15) is 18.1 Å². The van der Waals surface area contributed by atoms with Gasteiger partial charge in [-0.05, 0) is 25.5 Å². The maximum absolute atomic E-state index is 5.76. The van der Waals surface area contributed by atoms with Crippen molar-refractivity contribution in [2.45, 2.75) is 26.4 Å². The van der Waals surface area contributed by atoms with Crippen molar-refractivity contribution in [3.63, 3.8) is 0 Å². The Morgan fingerprint density at radius 1 is 1.24 bits per heavy atom. The number of rotatable bonds is 6. The number of piperazine rings is 3. The molecule has 6 heteroatoms. The lowest BCUT2D eigenvalue weighted by atomic mass is 10.1. The molecule has 0 aromatic heterocycles. The number of benzene rings is 1. The van der Waals surface area contributed by atoms with Gasteiger partial charge in [0.05, 0.1) is 6.61 Å². The minimum atomic E-state index is 0.583. The van der Waals surface area contributed by atoms with Crippen LogP contribution in [0.3, 0.4) is 0 Å². The third-order valence-electron chi connectivity index (χ3n) is 5.09. The molecule has 3 heterocycles. The third-order valence-corrected chi connectivity index (χ3v) is 5.09. The van der Waals surface area contributed by atoms with Crippen molar-refractivity contribution in [1.29, 1.82) is 0 Å². The number of hydrogen-bond acceptors (Lipinski definition) is 4. The number of fused-ring (bicyclic) bond motifs is 3. The van der Waals surface area contributed by atoms with Gasteiger partial charge in [0.25, 0.3) is 0 Å². The van der Waals surface area contributed by atoms with Crippen molar-refractivity contribution in [1.82, 2.24) is 20.4 Å². The van der Waals surface area contributed by atoms with E-state index in [1.165, 1.54) is 31.7 Å². The zero-order valence-electron chi connectivity index (χ0n) is 15.7. The number of aryl methyl sites for hydroxylation is 1. The molecule has 2 N–H and O–H groups in total. The first-order chi connectivity index (χ1) is 12.2. The van der Waals surface area contributed by atoms with Gasteiger partial charge in [0.2, 0.25) is 0 Å². The molecule has 1 atom stereocenters. The second-order valence-corrected chi connectivity index (χ2v) is 6.84. The van der Waals surface area contributed by atoms with Crippen LogP contribution in [0.5, 0.6) is 5.75 Å². The molecule has 0 radical (unpaired) electrons. The lowest BCUT2D eigenvalue weighted by Crippen LogP contribution is -2.63. The molecule has 138 valence electrons. The van der Waals surface area contributed by atoms with Crippen molar-refractivity contribution in [2.75, 3.05) is 52.9 Å². The van der Waals surface area contributed by atoms with E-state index in [-0.39, 0.29) is 0 Å². The van der Waals surface area contributed by atoms with Gasteiger partial charge in [-0.1, -0.05) is 12.1 Å². The van der Waals surface area contributed by atoms with E-state index in [0.717, 1.165) is 30.4 Å². The summed E-state index contributed by atoms with van der Waals surface area (Å²) < 4.78 is 5.76. The van der Waals surface area contributed by atoms with E-state index in [2.05, 4.69) is 50.5 Å². The minimum Gasteiger partial charge on any atom is -0.494 e. The Hall–Kier alpha value is -1.79. The highest BCUT2D eigenvalue weighted by molar-refractivity contribution is 5.79. The van der Waals surface area contributed by atoms with E-state index in [1.807, 2.05) is 14.0 Å². The highest BCUT2D eigenvalue weighted by Crippen LogP contribution is 2.20. The Morgan fingerprint density at radius 3 is 2.68 bits per heavy atom. The molecule has 1 aromatic carbocycles. The number of aliphatic imine (C=N–C) groups is 1. The highest BCUT2D eigenvalue weighted by Gasteiger charge is 2.31. The Morgan fingerprint density at radius 2 is 2.04 bits per heavy atom. The summed E-state index contributed by atoms with van der Waals surface area (Å²) in [7, 11) is 1.82. The van der Waals surface area contributed by atoms with E-state index in [0.29, 0.717) is 19.2 Å². The molecule has 1 unspecified atom stereocenters. The van der Waals surface area contributed by atoms with Gasteiger partial charge in [-0.15, -0.1) is 0 Å². The topological polar surface area (TPSA) is 52.1 Å². The van der Waals surface area contributed by atoms with Gasteiger partial charge in [-0.2, -0.15) is 0 Å². The summed E-state index contributed by atoms with van der Waals surface area (Å²) in [4.78, 5) is 9.51. The van der Waals surface area contributed by atoms with E-state index in [1.54, 1.807) is 0 Å². The summed E-state index contributed by atoms with van der Waals surface area (Å²) in [6.07, 6.45) is 0. The normalized spacial score (nSPS) is 25.7. The van der Waals surface area contributed by atoms with Gasteiger partial charge in [-0.25, -0.2) is 0 Å². The Kier molecular flexibility index (Phi) is 6.15. The summed E-state index contributed by atoms with van der Waals surface area (Å²) >= 11 is 0. The molecule has 3 aliphatic rings. The van der Waals surface area contributed by atoms with Crippen molar-refractivity contribution in [3.05, 3.63) is 29.3 Å². The first-order valence-corrected chi connectivity index (χ1v) is 9.33. The zero-order valence-corrected chi connectivity index (χ0v) is 15.7. The minimum absolute atomic E-state index is 0.583. The van der Waals surface area contributed by atoms with Crippen molar-refractivity contribution in [3.8, 4) is 5.75 Å². The largest absolute Gasteiger partial charge is 0.494 e. The SMILES string of the molecule is CCOc1cc(C)ccc1CNC(=NC)NCC1CN2CCN1CC2. The van der Waals surface area contributed by atoms with Gasteiger partial charge >= 0.3 is 0 Å². The van der Waals surface area contributed by atoms with Crippen LogP contribution in [-0.2, 0) is 6.54 Å². The van der Waals surface area contributed by atoms with Crippen molar-refractivity contribution < 1.29 is 4.74 Å². The predicted octanol–water partition coefficient (Wildman–Crippen LogP) is 1.06. The van der Waals surface area contributed by atoms with Crippen LogP contribution in [-0.4, -0.2) is 74.7 Å². The molecule has 4 rings (SSSR count). The van der Waals surface area contributed by atoms with Crippen LogP contribution in [0, 0.1) is 6.92 Å². The summed E-state index contributed by atoms with van der Waals surface area (Å²) in [6, 6.07) is 6.92. The van der Waals surface area contributed by atoms with E-state index in [9.17, 15) is 0 Å². The van der Waals surface area contributed by atoms with Crippen LogP contribution in [0.2, 0.25) is 0 Å². The average Bonchev–Trinajstić information content (AvgIpc) is 2.64. The van der Waals surface area contributed by atoms with E-state index in [4.69, 9.17) is 4.74 Å². The zero-order chi connectivity index (χ0) is 17.6. The Labute approximate surface area is 151 Å². The van der Waals surface area contributed by atoms with Crippen LogP contribution in [0.25, 0.3) is 0 Å². The maximum atomic E-state index is 5.76. The summed E-state index contributed by atoms with van der Waals surface area (Å²) in [6.45, 7) is 12.4. The first-order valence-electron chi connectivity index (χ1n) is 9.33.